The van der Waals surface area contributed by atoms with Gasteiger partial charge in [0.2, 0.25) is 0 Å². The van der Waals surface area contributed by atoms with Crippen molar-refractivity contribution in [2.24, 2.45) is 0 Å². The van der Waals surface area contributed by atoms with Crippen LogP contribution >= 0.6 is 15.9 Å². The summed E-state index contributed by atoms with van der Waals surface area (Å²) < 4.78 is 2.93. The largest absolute Gasteiger partial charge is 0.476 e. The SMILES string of the molecule is O=C(O)c1cc(C2CC2)n(CCc2ccc(Br)cc2)n1. The highest BCUT2D eigenvalue weighted by molar-refractivity contribution is 9.10. The molecule has 1 aliphatic carbocycles. The molecule has 1 aromatic heterocycles. The standard InChI is InChI=1S/C15H15BrN2O2/c16-12-5-1-10(2-6-12)7-8-18-14(11-3-4-11)9-13(17-18)15(19)20/h1-2,5-6,9,11H,3-4,7-8H2,(H,19,20). The van der Waals surface area contributed by atoms with Gasteiger partial charge in [-0.05, 0) is 43.0 Å². The molecule has 1 aromatic carbocycles. The van der Waals surface area contributed by atoms with Gasteiger partial charge in [-0.2, -0.15) is 5.10 Å². The number of carboxylic acids is 1. The first kappa shape index (κ1) is 13.4. The lowest BCUT2D eigenvalue weighted by atomic mass is 10.1. The Morgan fingerprint density at radius 1 is 1.35 bits per heavy atom. The number of rotatable bonds is 5. The summed E-state index contributed by atoms with van der Waals surface area (Å²) >= 11 is 3.42. The second-order valence-electron chi connectivity index (χ2n) is 5.13. The van der Waals surface area contributed by atoms with Crippen molar-refractivity contribution in [2.75, 3.05) is 0 Å². The molecule has 3 rings (SSSR count). The first-order valence-corrected chi connectivity index (χ1v) is 7.48. The van der Waals surface area contributed by atoms with Gasteiger partial charge in [0, 0.05) is 22.6 Å². The molecule has 104 valence electrons. The van der Waals surface area contributed by atoms with Crippen molar-refractivity contribution in [3.8, 4) is 0 Å². The third-order valence-electron chi connectivity index (χ3n) is 3.55. The highest BCUT2D eigenvalue weighted by Gasteiger charge is 2.29. The van der Waals surface area contributed by atoms with Gasteiger partial charge in [-0.15, -0.1) is 0 Å². The number of carbonyl (C=O) groups is 1. The Morgan fingerprint density at radius 3 is 2.65 bits per heavy atom. The molecule has 0 bridgehead atoms. The van der Waals surface area contributed by atoms with E-state index in [1.807, 2.05) is 16.8 Å². The van der Waals surface area contributed by atoms with Crippen LogP contribution in [0.3, 0.4) is 0 Å². The van der Waals surface area contributed by atoms with Crippen molar-refractivity contribution in [1.82, 2.24) is 9.78 Å². The normalized spacial score (nSPS) is 14.4. The lowest BCUT2D eigenvalue weighted by Gasteiger charge is -2.06. The summed E-state index contributed by atoms with van der Waals surface area (Å²) in [6.07, 6.45) is 3.14. The predicted molar refractivity (Wildman–Crippen MR) is 79.0 cm³/mol. The van der Waals surface area contributed by atoms with E-state index in [0.29, 0.717) is 5.92 Å². The number of aromatic nitrogens is 2. The van der Waals surface area contributed by atoms with E-state index in [-0.39, 0.29) is 5.69 Å². The monoisotopic (exact) mass is 334 g/mol. The van der Waals surface area contributed by atoms with E-state index in [4.69, 9.17) is 5.11 Å². The molecule has 5 heteroatoms. The lowest BCUT2D eigenvalue weighted by Crippen LogP contribution is -2.08. The lowest BCUT2D eigenvalue weighted by molar-refractivity contribution is 0.0689. The zero-order valence-corrected chi connectivity index (χ0v) is 12.5. The Hall–Kier alpha value is -1.62. The Bertz CT molecular complexity index is 630. The maximum absolute atomic E-state index is 11.0. The van der Waals surface area contributed by atoms with Gasteiger partial charge in [0.05, 0.1) is 0 Å². The van der Waals surface area contributed by atoms with Crippen LogP contribution in [0.5, 0.6) is 0 Å². The number of aromatic carboxylic acids is 1. The number of benzene rings is 1. The predicted octanol–water partition coefficient (Wildman–Crippen LogP) is 3.46. The molecule has 0 unspecified atom stereocenters. The van der Waals surface area contributed by atoms with Gasteiger partial charge in [-0.25, -0.2) is 4.79 Å². The van der Waals surface area contributed by atoms with Crippen LogP contribution in [0.1, 0.15) is 40.5 Å². The summed E-state index contributed by atoms with van der Waals surface area (Å²) in [4.78, 5) is 11.0. The molecule has 0 spiro atoms. The van der Waals surface area contributed by atoms with Gasteiger partial charge < -0.3 is 5.11 Å². The molecule has 4 nitrogen and oxygen atoms in total. The molecule has 1 N–H and O–H groups in total. The number of halogens is 1. The number of carboxylic acid groups (broad SMARTS) is 1. The highest BCUT2D eigenvalue weighted by atomic mass is 79.9. The minimum Gasteiger partial charge on any atom is -0.476 e. The summed E-state index contributed by atoms with van der Waals surface area (Å²) in [5.41, 5.74) is 2.45. The van der Waals surface area contributed by atoms with Crippen molar-refractivity contribution in [3.05, 3.63) is 51.8 Å². The van der Waals surface area contributed by atoms with Gasteiger partial charge in [0.1, 0.15) is 0 Å². The van der Waals surface area contributed by atoms with Crippen LogP contribution < -0.4 is 0 Å². The summed E-state index contributed by atoms with van der Waals surface area (Å²) in [5, 5.41) is 13.3. The van der Waals surface area contributed by atoms with Gasteiger partial charge in [0.15, 0.2) is 5.69 Å². The fourth-order valence-corrected chi connectivity index (χ4v) is 2.57. The Balaban J connectivity index is 1.76. The number of hydrogen-bond donors (Lipinski definition) is 1. The first-order valence-electron chi connectivity index (χ1n) is 6.69. The number of aryl methyl sites for hydroxylation is 2. The van der Waals surface area contributed by atoms with Crippen molar-refractivity contribution in [1.29, 1.82) is 0 Å². The van der Waals surface area contributed by atoms with Gasteiger partial charge in [0.25, 0.3) is 0 Å². The topological polar surface area (TPSA) is 55.1 Å². The minimum absolute atomic E-state index is 0.155. The highest BCUT2D eigenvalue weighted by Crippen LogP contribution is 2.40. The van der Waals surface area contributed by atoms with E-state index in [1.165, 1.54) is 5.56 Å². The third kappa shape index (κ3) is 2.93. The van der Waals surface area contributed by atoms with E-state index < -0.39 is 5.97 Å². The minimum atomic E-state index is -0.950. The Kier molecular flexibility index (Phi) is 3.61. The van der Waals surface area contributed by atoms with E-state index in [9.17, 15) is 4.79 Å². The van der Waals surface area contributed by atoms with Crippen molar-refractivity contribution < 1.29 is 9.90 Å². The Morgan fingerprint density at radius 2 is 2.05 bits per heavy atom. The van der Waals surface area contributed by atoms with Crippen LogP contribution in [0.25, 0.3) is 0 Å². The molecule has 1 aliphatic rings. The molecule has 0 aliphatic heterocycles. The molecule has 1 fully saturated rings. The molecule has 1 saturated carbocycles. The summed E-state index contributed by atoms with van der Waals surface area (Å²) in [5.74, 6) is -0.449. The van der Waals surface area contributed by atoms with Crippen LogP contribution in [0.4, 0.5) is 0 Å². The zero-order chi connectivity index (χ0) is 14.1. The van der Waals surface area contributed by atoms with E-state index in [0.717, 1.165) is 36.0 Å². The third-order valence-corrected chi connectivity index (χ3v) is 4.08. The number of nitrogens with zero attached hydrogens (tertiary/aromatic N) is 2. The molecule has 0 radical (unpaired) electrons. The second kappa shape index (κ2) is 5.40. The molecule has 20 heavy (non-hydrogen) atoms. The summed E-state index contributed by atoms with van der Waals surface area (Å²) in [6, 6.07) is 9.90. The van der Waals surface area contributed by atoms with Crippen LogP contribution in [-0.4, -0.2) is 20.9 Å². The van der Waals surface area contributed by atoms with Crippen molar-refractivity contribution in [2.45, 2.75) is 31.7 Å². The van der Waals surface area contributed by atoms with Crippen molar-refractivity contribution >= 4 is 21.9 Å². The number of hydrogen-bond acceptors (Lipinski definition) is 2. The van der Waals surface area contributed by atoms with Gasteiger partial charge in [-0.3, -0.25) is 4.68 Å². The van der Waals surface area contributed by atoms with Crippen LogP contribution in [0.2, 0.25) is 0 Å². The maximum atomic E-state index is 11.0. The smallest absolute Gasteiger partial charge is 0.356 e. The quantitative estimate of drug-likeness (QED) is 0.910. The molecule has 0 atom stereocenters. The van der Waals surface area contributed by atoms with Crippen molar-refractivity contribution in [3.63, 3.8) is 0 Å². The Labute approximate surface area is 125 Å². The fourth-order valence-electron chi connectivity index (χ4n) is 2.31. The molecule has 0 amide bonds. The molecular formula is C15H15BrN2O2. The average molecular weight is 335 g/mol. The van der Waals surface area contributed by atoms with Crippen LogP contribution in [-0.2, 0) is 13.0 Å². The fraction of sp³-hybridized carbons (Fsp3) is 0.333. The first-order chi connectivity index (χ1) is 9.63. The maximum Gasteiger partial charge on any atom is 0.356 e. The van der Waals surface area contributed by atoms with E-state index >= 15 is 0 Å². The molecule has 1 heterocycles. The molecular weight excluding hydrogens is 320 g/mol. The van der Waals surface area contributed by atoms with Crippen LogP contribution in [0.15, 0.2) is 34.8 Å². The van der Waals surface area contributed by atoms with Gasteiger partial charge >= 0.3 is 5.97 Å². The van der Waals surface area contributed by atoms with Crippen LogP contribution in [0, 0.1) is 0 Å². The van der Waals surface area contributed by atoms with Gasteiger partial charge in [-0.1, -0.05) is 28.1 Å². The van der Waals surface area contributed by atoms with E-state index in [2.05, 4.69) is 33.2 Å². The second-order valence-corrected chi connectivity index (χ2v) is 6.05. The average Bonchev–Trinajstić information content (AvgIpc) is 3.18. The zero-order valence-electron chi connectivity index (χ0n) is 10.9. The summed E-state index contributed by atoms with van der Waals surface area (Å²) in [6.45, 7) is 0.723. The molecule has 0 saturated heterocycles. The molecule has 2 aromatic rings. The summed E-state index contributed by atoms with van der Waals surface area (Å²) in [7, 11) is 0. The van der Waals surface area contributed by atoms with E-state index in [1.54, 1.807) is 6.07 Å².